The van der Waals surface area contributed by atoms with Gasteiger partial charge >= 0.3 is 5.97 Å². The summed E-state index contributed by atoms with van der Waals surface area (Å²) in [5.41, 5.74) is 0.355. The standard InChI is InChI=1S/C29H32F4O4/c1-15(34)16-2-4-17(5-3-16)20-10-11-21(26(31)25(20)30)18-6-8-19(9-7-18)37-29(35)23-13-12-22(24-14-36-24)27(32)28(23)33/h10-13,15-19,24,34H,2-9,14H2,1H3. The minimum absolute atomic E-state index is 0.0511. The van der Waals surface area contributed by atoms with Crippen LogP contribution in [0.2, 0.25) is 0 Å². The quantitative estimate of drug-likeness (QED) is 0.257. The van der Waals surface area contributed by atoms with E-state index in [1.165, 1.54) is 12.1 Å². The molecule has 1 N–H and O–H groups in total. The molecule has 2 unspecified atom stereocenters. The molecule has 200 valence electrons. The van der Waals surface area contributed by atoms with Crippen molar-refractivity contribution in [3.63, 3.8) is 0 Å². The van der Waals surface area contributed by atoms with Gasteiger partial charge in [0, 0.05) is 5.56 Å². The first kappa shape index (κ1) is 26.2. The highest BCUT2D eigenvalue weighted by atomic mass is 19.2. The van der Waals surface area contributed by atoms with Crippen molar-refractivity contribution < 1.29 is 36.9 Å². The number of rotatable bonds is 6. The highest BCUT2D eigenvalue weighted by Crippen LogP contribution is 2.41. The fourth-order valence-electron chi connectivity index (χ4n) is 6.03. The van der Waals surface area contributed by atoms with Gasteiger partial charge in [0.05, 0.1) is 18.3 Å². The van der Waals surface area contributed by atoms with Crippen LogP contribution in [0.3, 0.4) is 0 Å². The van der Waals surface area contributed by atoms with E-state index in [2.05, 4.69) is 0 Å². The summed E-state index contributed by atoms with van der Waals surface area (Å²) < 4.78 is 69.3. The Labute approximate surface area is 214 Å². The first-order valence-electron chi connectivity index (χ1n) is 13.2. The maximum atomic E-state index is 15.1. The molecule has 0 spiro atoms. The molecule has 0 radical (unpaired) electrons. The van der Waals surface area contributed by atoms with E-state index < -0.39 is 47.0 Å². The van der Waals surface area contributed by atoms with Gasteiger partial charge in [-0.3, -0.25) is 0 Å². The maximum Gasteiger partial charge on any atom is 0.341 e. The Bertz CT molecular complexity index is 1150. The van der Waals surface area contributed by atoms with Gasteiger partial charge in [-0.25, -0.2) is 22.4 Å². The van der Waals surface area contributed by atoms with Crippen molar-refractivity contribution in [2.24, 2.45) is 5.92 Å². The van der Waals surface area contributed by atoms with Crippen molar-refractivity contribution >= 4 is 5.97 Å². The van der Waals surface area contributed by atoms with Crippen LogP contribution in [-0.2, 0) is 9.47 Å². The minimum atomic E-state index is -1.25. The second-order valence-corrected chi connectivity index (χ2v) is 10.8. The SMILES string of the molecule is CC(O)C1CCC(c2ccc(C3CCC(OC(=O)c4ccc(C5CO5)c(F)c4F)CC3)c(F)c2F)CC1. The molecule has 3 fully saturated rings. The van der Waals surface area contributed by atoms with Crippen LogP contribution in [0.5, 0.6) is 0 Å². The first-order chi connectivity index (χ1) is 17.7. The highest BCUT2D eigenvalue weighted by Gasteiger charge is 2.34. The van der Waals surface area contributed by atoms with Gasteiger partial charge in [0.2, 0.25) is 0 Å². The van der Waals surface area contributed by atoms with Crippen molar-refractivity contribution in [2.75, 3.05) is 6.61 Å². The average Bonchev–Trinajstić information content (AvgIpc) is 3.73. The molecule has 3 aliphatic rings. The molecule has 2 aliphatic carbocycles. The van der Waals surface area contributed by atoms with Crippen LogP contribution in [0.4, 0.5) is 17.6 Å². The number of carbonyl (C=O) groups excluding carboxylic acids is 1. The number of epoxide rings is 1. The summed E-state index contributed by atoms with van der Waals surface area (Å²) >= 11 is 0. The zero-order chi connectivity index (χ0) is 26.3. The number of benzene rings is 2. The number of hydrogen-bond acceptors (Lipinski definition) is 4. The van der Waals surface area contributed by atoms with E-state index in [4.69, 9.17) is 9.47 Å². The summed E-state index contributed by atoms with van der Waals surface area (Å²) in [6.07, 6.45) is 3.49. The van der Waals surface area contributed by atoms with E-state index >= 15 is 8.78 Å². The largest absolute Gasteiger partial charge is 0.459 e. The lowest BCUT2D eigenvalue weighted by atomic mass is 9.76. The smallest absolute Gasteiger partial charge is 0.341 e. The third-order valence-electron chi connectivity index (χ3n) is 8.44. The average molecular weight is 521 g/mol. The number of aliphatic hydroxyl groups excluding tert-OH is 1. The fraction of sp³-hybridized carbons (Fsp3) is 0.552. The van der Waals surface area contributed by atoms with Crippen molar-refractivity contribution in [1.29, 1.82) is 0 Å². The second kappa shape index (κ2) is 10.7. The van der Waals surface area contributed by atoms with Crippen molar-refractivity contribution in [2.45, 2.75) is 88.4 Å². The van der Waals surface area contributed by atoms with Gasteiger partial charge < -0.3 is 14.6 Å². The van der Waals surface area contributed by atoms with E-state index in [0.717, 1.165) is 25.7 Å². The topological polar surface area (TPSA) is 59.1 Å². The van der Waals surface area contributed by atoms with Gasteiger partial charge in [-0.1, -0.05) is 18.2 Å². The van der Waals surface area contributed by atoms with Gasteiger partial charge in [0.25, 0.3) is 0 Å². The lowest BCUT2D eigenvalue weighted by Crippen LogP contribution is -2.25. The van der Waals surface area contributed by atoms with Crippen molar-refractivity contribution in [1.82, 2.24) is 0 Å². The van der Waals surface area contributed by atoms with E-state index in [9.17, 15) is 18.7 Å². The molecule has 1 heterocycles. The highest BCUT2D eigenvalue weighted by molar-refractivity contribution is 5.90. The molecule has 1 saturated heterocycles. The summed E-state index contributed by atoms with van der Waals surface area (Å²) in [7, 11) is 0. The van der Waals surface area contributed by atoms with Crippen LogP contribution in [-0.4, -0.2) is 29.9 Å². The van der Waals surface area contributed by atoms with Crippen LogP contribution in [0, 0.1) is 29.2 Å². The third-order valence-corrected chi connectivity index (χ3v) is 8.44. The number of hydrogen-bond donors (Lipinski definition) is 1. The predicted molar refractivity (Wildman–Crippen MR) is 128 cm³/mol. The molecule has 37 heavy (non-hydrogen) atoms. The van der Waals surface area contributed by atoms with Crippen LogP contribution < -0.4 is 0 Å². The van der Waals surface area contributed by atoms with Crippen LogP contribution in [0.15, 0.2) is 24.3 Å². The van der Waals surface area contributed by atoms with Crippen molar-refractivity contribution in [3.8, 4) is 0 Å². The zero-order valence-electron chi connectivity index (χ0n) is 20.8. The molecule has 0 amide bonds. The Morgan fingerprint density at radius 3 is 1.81 bits per heavy atom. The summed E-state index contributed by atoms with van der Waals surface area (Å²) in [6.45, 7) is 2.09. The number of halogens is 4. The number of carbonyl (C=O) groups is 1. The molecule has 4 nitrogen and oxygen atoms in total. The molecule has 5 rings (SSSR count). The molecular formula is C29H32F4O4. The van der Waals surface area contributed by atoms with Crippen LogP contribution >= 0.6 is 0 Å². The molecule has 2 aromatic carbocycles. The monoisotopic (exact) mass is 520 g/mol. The minimum Gasteiger partial charge on any atom is -0.459 e. The number of aliphatic hydroxyl groups is 1. The van der Waals surface area contributed by atoms with Gasteiger partial charge in [-0.2, -0.15) is 0 Å². The molecule has 1 aliphatic heterocycles. The number of esters is 1. The first-order valence-corrected chi connectivity index (χ1v) is 13.2. The zero-order valence-corrected chi connectivity index (χ0v) is 20.8. The van der Waals surface area contributed by atoms with Crippen molar-refractivity contribution in [3.05, 3.63) is 69.8 Å². The Morgan fingerprint density at radius 2 is 1.30 bits per heavy atom. The summed E-state index contributed by atoms with van der Waals surface area (Å²) in [5.74, 6) is -4.94. The molecule has 2 aromatic rings. The summed E-state index contributed by atoms with van der Waals surface area (Å²) in [4.78, 5) is 12.5. The molecular weight excluding hydrogens is 488 g/mol. The molecule has 0 aromatic heterocycles. The maximum absolute atomic E-state index is 15.1. The second-order valence-electron chi connectivity index (χ2n) is 10.8. The van der Waals surface area contributed by atoms with E-state index in [1.807, 2.05) is 0 Å². The Kier molecular flexibility index (Phi) is 7.59. The van der Waals surface area contributed by atoms with E-state index in [-0.39, 0.29) is 29.4 Å². The number of ether oxygens (including phenoxy) is 2. The van der Waals surface area contributed by atoms with E-state index in [0.29, 0.717) is 43.4 Å². The summed E-state index contributed by atoms with van der Waals surface area (Å²) in [6, 6.07) is 5.92. The third kappa shape index (κ3) is 5.41. The van der Waals surface area contributed by atoms with Gasteiger partial charge in [0.15, 0.2) is 23.3 Å². The predicted octanol–water partition coefficient (Wildman–Crippen LogP) is 6.85. The Morgan fingerprint density at radius 1 is 0.811 bits per heavy atom. The van der Waals surface area contributed by atoms with Gasteiger partial charge in [-0.05, 0) is 93.2 Å². The molecule has 2 atom stereocenters. The lowest BCUT2D eigenvalue weighted by Gasteiger charge is -2.31. The van der Waals surface area contributed by atoms with Gasteiger partial charge in [0.1, 0.15) is 12.2 Å². The fourth-order valence-corrected chi connectivity index (χ4v) is 6.03. The Balaban J connectivity index is 1.19. The van der Waals surface area contributed by atoms with E-state index in [1.54, 1.807) is 19.1 Å². The normalized spacial score (nSPS) is 28.5. The summed E-state index contributed by atoms with van der Waals surface area (Å²) in [5, 5.41) is 9.79. The molecule has 2 saturated carbocycles. The van der Waals surface area contributed by atoms with Crippen LogP contribution in [0.25, 0.3) is 0 Å². The van der Waals surface area contributed by atoms with Gasteiger partial charge in [-0.15, -0.1) is 0 Å². The molecule has 0 bridgehead atoms. The van der Waals surface area contributed by atoms with Crippen LogP contribution in [0.1, 0.15) is 103 Å². The molecule has 8 heteroatoms. The Hall–Kier alpha value is -2.45. The lowest BCUT2D eigenvalue weighted by molar-refractivity contribution is 0.0188.